The van der Waals surface area contributed by atoms with Crippen LogP contribution in [0.3, 0.4) is 0 Å². The summed E-state index contributed by atoms with van der Waals surface area (Å²) in [7, 11) is 0. The number of hydrogen-bond acceptors (Lipinski definition) is 3. The van der Waals surface area contributed by atoms with Crippen LogP contribution in [-0.4, -0.2) is 29.1 Å². The number of allylic oxidation sites excluding steroid dienone is 2. The molecule has 49 heavy (non-hydrogen) atoms. The molecule has 0 spiro atoms. The summed E-state index contributed by atoms with van der Waals surface area (Å²) in [5.74, 6) is 7.97. The molecule has 1 radical (unpaired) electrons. The summed E-state index contributed by atoms with van der Waals surface area (Å²) in [6.07, 6.45) is 6.89. The van der Waals surface area contributed by atoms with Gasteiger partial charge in [0.2, 0.25) is 0 Å². The van der Waals surface area contributed by atoms with Crippen molar-refractivity contribution in [2.45, 2.75) is 77.6 Å². The van der Waals surface area contributed by atoms with E-state index in [9.17, 15) is 9.90 Å². The van der Waals surface area contributed by atoms with Crippen molar-refractivity contribution in [1.29, 1.82) is 0 Å². The van der Waals surface area contributed by atoms with Gasteiger partial charge in [-0.05, 0) is 25.7 Å². The number of rotatable bonds is 8. The molecule has 1 heterocycles. The Morgan fingerprint density at radius 2 is 1.39 bits per heavy atom. The Hall–Kier alpha value is -3.31. The number of carbonyl (C=O) groups excluding carboxylic acids is 1. The number of carbonyl (C=O) groups is 1. The number of aliphatic hydroxyl groups is 1. The molecule has 0 fully saturated rings. The summed E-state index contributed by atoms with van der Waals surface area (Å²) in [5.41, 5.74) is 2.38. The van der Waals surface area contributed by atoms with Crippen LogP contribution in [-0.2, 0) is 24.9 Å². The number of aliphatic hydroxyl groups excluding tert-OH is 1. The van der Waals surface area contributed by atoms with Crippen molar-refractivity contribution in [3.63, 3.8) is 0 Å². The van der Waals surface area contributed by atoms with Crippen LogP contribution >= 0.6 is 0 Å². The number of benzene rings is 6. The van der Waals surface area contributed by atoms with Crippen LogP contribution in [0.25, 0.3) is 64.8 Å². The molecule has 1 aromatic heterocycles. The number of ketones is 1. The van der Waals surface area contributed by atoms with Gasteiger partial charge in [0, 0.05) is 38.0 Å². The van der Waals surface area contributed by atoms with Gasteiger partial charge in [-0.3, -0.25) is 4.79 Å². The molecule has 1 N–H and O–H groups in total. The molecular weight excluding hydrogens is 839 g/mol. The molecule has 7 aromatic rings. The maximum Gasteiger partial charge on any atom is 0 e. The fourth-order valence-electron chi connectivity index (χ4n) is 7.58. The van der Waals surface area contributed by atoms with Crippen molar-refractivity contribution in [2.75, 3.05) is 0 Å². The van der Waals surface area contributed by atoms with E-state index in [4.69, 9.17) is 4.98 Å². The predicted octanol–water partition coefficient (Wildman–Crippen LogP) is 12.0. The van der Waals surface area contributed by atoms with Gasteiger partial charge in [0.15, 0.2) is 5.78 Å². The van der Waals surface area contributed by atoms with Crippen LogP contribution in [0.15, 0.2) is 84.8 Å². The molecule has 0 aliphatic heterocycles. The molecule has 255 valence electrons. The first kappa shape index (κ1) is 37.0. The van der Waals surface area contributed by atoms with E-state index in [1.165, 1.54) is 60.1 Å². The third-order valence-electron chi connectivity index (χ3n) is 10.5. The second-order valence-corrected chi connectivity index (χ2v) is 25.0. The Bertz CT molecular complexity index is 2330. The van der Waals surface area contributed by atoms with Gasteiger partial charge in [0.05, 0.1) is 5.76 Å². The van der Waals surface area contributed by atoms with Gasteiger partial charge in [-0.1, -0.05) is 27.7 Å². The number of nitrogens with zero attached hydrogens (tertiary/aromatic N) is 1. The zero-order valence-corrected chi connectivity index (χ0v) is 34.6. The molecule has 5 heteroatoms. The molecule has 0 unspecified atom stereocenters. The van der Waals surface area contributed by atoms with Crippen molar-refractivity contribution < 1.29 is 30.0 Å². The van der Waals surface area contributed by atoms with E-state index in [0.29, 0.717) is 0 Å². The number of aromatic nitrogens is 1. The van der Waals surface area contributed by atoms with Crippen molar-refractivity contribution in [2.24, 2.45) is 11.8 Å². The molecular formula is C44H48GeIrNO2-. The first-order chi connectivity index (χ1) is 23.0. The minimum Gasteiger partial charge on any atom is 0 e. The van der Waals surface area contributed by atoms with Crippen molar-refractivity contribution in [1.82, 2.24) is 4.98 Å². The summed E-state index contributed by atoms with van der Waals surface area (Å²) in [5, 5.41) is 23.9. The van der Waals surface area contributed by atoms with Gasteiger partial charge in [0.25, 0.3) is 0 Å². The van der Waals surface area contributed by atoms with E-state index in [2.05, 4.69) is 97.0 Å². The number of hydrogen-bond donors (Lipinski definition) is 1. The summed E-state index contributed by atoms with van der Waals surface area (Å²) in [6, 6.07) is 28.6. The monoisotopic (exact) mass is 889 g/mol. The Morgan fingerprint density at radius 3 is 2.06 bits per heavy atom. The van der Waals surface area contributed by atoms with Gasteiger partial charge >= 0.3 is 196 Å². The Morgan fingerprint density at radius 1 is 0.755 bits per heavy atom. The zero-order chi connectivity index (χ0) is 34.3. The molecule has 3 nitrogen and oxygen atoms in total. The van der Waals surface area contributed by atoms with E-state index in [0.717, 1.165) is 42.0 Å². The van der Waals surface area contributed by atoms with Gasteiger partial charge in [-0.15, -0.1) is 0 Å². The molecule has 0 saturated carbocycles. The summed E-state index contributed by atoms with van der Waals surface area (Å²) >= 11 is -1.97. The second kappa shape index (κ2) is 14.9. The summed E-state index contributed by atoms with van der Waals surface area (Å²) < 4.78 is 1.55. The van der Waals surface area contributed by atoms with Gasteiger partial charge < -0.3 is 5.11 Å². The molecule has 6 aromatic carbocycles. The van der Waals surface area contributed by atoms with Gasteiger partial charge in [-0.25, -0.2) is 0 Å². The fraction of sp³-hybridized carbons (Fsp3) is 0.318. The van der Waals surface area contributed by atoms with Crippen molar-refractivity contribution in [3.8, 4) is 0 Å². The fourth-order valence-corrected chi connectivity index (χ4v) is 10.0. The van der Waals surface area contributed by atoms with E-state index >= 15 is 0 Å². The average molecular weight is 888 g/mol. The van der Waals surface area contributed by atoms with Crippen LogP contribution in [0.1, 0.15) is 58.9 Å². The van der Waals surface area contributed by atoms with E-state index in [1.807, 2.05) is 33.9 Å². The average Bonchev–Trinajstić information content (AvgIpc) is 3.08. The van der Waals surface area contributed by atoms with Crippen LogP contribution in [0.2, 0.25) is 17.3 Å². The Labute approximate surface area is 307 Å². The van der Waals surface area contributed by atoms with E-state index < -0.39 is 13.3 Å². The molecule has 7 rings (SSSR count). The SMILES string of the molecule is CCC(CC)C(=O)/C=C(\O)C(CC)CC.Cc1c2ccccc2[c-]c2c3nccc4c5cc[c]([Ge]([CH3])([CH3])[CH3])cc5c5cccc(c12)c5c43.[Ir]. The minimum absolute atomic E-state index is 0. The third-order valence-corrected chi connectivity index (χ3v) is 14.8. The standard InChI is InChI=1S/C31H24GeN.C13H24O2.Ir/c1-18-21-9-6-5-8-19(21)16-27-28(18)25-11-7-10-23-26-17-20(32(2,3)4)12-13-22(26)24-14-15-33-31(27)30(24)29(23)25;1-5-10(6-2)12(14)9-13(15)11(7-3)8-4;/h5-15,17H,1-4H3;9-11,14H,5-8H2,1-4H3;/q-1;;/b;12-9-;. The van der Waals surface area contributed by atoms with Crippen molar-refractivity contribution in [3.05, 3.63) is 96.4 Å². The molecule has 0 bridgehead atoms. The first-order valence-electron chi connectivity index (χ1n) is 17.7. The Kier molecular flexibility index (Phi) is 11.2. The maximum absolute atomic E-state index is 11.7. The number of pyridine rings is 1. The van der Waals surface area contributed by atoms with Gasteiger partial charge in [0.1, 0.15) is 0 Å². The number of aryl methyl sites for hydroxylation is 1. The third kappa shape index (κ3) is 6.65. The number of fused-ring (bicyclic) bond motifs is 7. The molecule has 0 saturated heterocycles. The first-order valence-corrected chi connectivity index (χ1v) is 25.1. The molecule has 0 atom stereocenters. The maximum atomic E-state index is 11.7. The zero-order valence-electron chi connectivity index (χ0n) is 30.1. The summed E-state index contributed by atoms with van der Waals surface area (Å²) in [6.45, 7) is 10.3. The normalized spacial score (nSPS) is 12.5. The smallest absolute Gasteiger partial charge is 0 e. The van der Waals surface area contributed by atoms with E-state index in [-0.39, 0.29) is 43.5 Å². The molecule has 0 aliphatic rings. The second-order valence-electron chi connectivity index (χ2n) is 14.4. The summed E-state index contributed by atoms with van der Waals surface area (Å²) in [4.78, 5) is 16.7. The topological polar surface area (TPSA) is 50.2 Å². The van der Waals surface area contributed by atoms with Crippen LogP contribution in [0.5, 0.6) is 0 Å². The molecule has 0 aliphatic carbocycles. The Balaban J connectivity index is 0.000000252. The minimum atomic E-state index is -1.97. The van der Waals surface area contributed by atoms with Gasteiger partial charge in [-0.2, -0.15) is 0 Å². The quantitative estimate of drug-likeness (QED) is 0.0413. The van der Waals surface area contributed by atoms with Crippen LogP contribution in [0, 0.1) is 24.8 Å². The van der Waals surface area contributed by atoms with Crippen LogP contribution < -0.4 is 4.40 Å². The largest absolute Gasteiger partial charge is 0 e. The van der Waals surface area contributed by atoms with Crippen molar-refractivity contribution >= 4 is 88.2 Å². The van der Waals surface area contributed by atoms with Crippen LogP contribution in [0.4, 0.5) is 0 Å². The molecule has 0 amide bonds. The predicted molar refractivity (Wildman–Crippen MR) is 211 cm³/mol. The van der Waals surface area contributed by atoms with E-state index in [1.54, 1.807) is 4.40 Å².